The molecule has 2 aliphatic rings. The zero-order valence-corrected chi connectivity index (χ0v) is 19.3. The number of hydrogen-bond donors (Lipinski definition) is 3. The minimum absolute atomic E-state index is 0.0000365. The van der Waals surface area contributed by atoms with Gasteiger partial charge < -0.3 is 20.3 Å². The Morgan fingerprint density at radius 2 is 1.97 bits per heavy atom. The summed E-state index contributed by atoms with van der Waals surface area (Å²) in [6, 6.07) is 12.9. The molecular formula is C26H29N5O3. The van der Waals surface area contributed by atoms with Crippen LogP contribution in [-0.4, -0.2) is 50.5 Å². The molecule has 2 aromatic carbocycles. The van der Waals surface area contributed by atoms with Crippen LogP contribution < -0.4 is 11.3 Å². The molecule has 4 N–H and O–H groups in total. The van der Waals surface area contributed by atoms with Crippen LogP contribution in [0.2, 0.25) is 0 Å². The number of aliphatic hydroxyl groups is 1. The molecule has 1 aromatic heterocycles. The van der Waals surface area contributed by atoms with Gasteiger partial charge in [0.15, 0.2) is 0 Å². The van der Waals surface area contributed by atoms with E-state index >= 15 is 0 Å². The molecule has 1 saturated carbocycles. The number of nitrogens with two attached hydrogens (primary N) is 1. The lowest BCUT2D eigenvalue weighted by molar-refractivity contribution is -0.135. The normalized spacial score (nSPS) is 18.9. The van der Waals surface area contributed by atoms with Crippen LogP contribution in [0.4, 0.5) is 0 Å². The quantitative estimate of drug-likeness (QED) is 0.383. The minimum atomic E-state index is -0.551. The number of carbonyl (C=O) groups is 1. The van der Waals surface area contributed by atoms with Gasteiger partial charge in [0.25, 0.3) is 5.56 Å². The number of aromatic nitrogens is 2. The molecule has 1 atom stereocenters. The van der Waals surface area contributed by atoms with Crippen LogP contribution >= 0.6 is 0 Å². The maximum absolute atomic E-state index is 13.5. The lowest BCUT2D eigenvalue weighted by Gasteiger charge is -2.28. The number of nitrogens with zero attached hydrogens (tertiary/aromatic N) is 3. The molecule has 1 aliphatic heterocycles. The first-order chi connectivity index (χ1) is 16.3. The van der Waals surface area contributed by atoms with Crippen molar-refractivity contribution < 1.29 is 9.90 Å². The van der Waals surface area contributed by atoms with Gasteiger partial charge in [-0.15, -0.1) is 0 Å². The summed E-state index contributed by atoms with van der Waals surface area (Å²) in [6.07, 6.45) is 3.70. The third-order valence-electron chi connectivity index (χ3n) is 7.34. The maximum atomic E-state index is 13.5. The second kappa shape index (κ2) is 8.36. The van der Waals surface area contributed by atoms with E-state index in [1.165, 1.54) is 0 Å². The summed E-state index contributed by atoms with van der Waals surface area (Å²) in [7, 11) is 1.74. The van der Waals surface area contributed by atoms with Crippen molar-refractivity contribution in [1.29, 1.82) is 5.41 Å². The van der Waals surface area contributed by atoms with Crippen LogP contribution in [0.25, 0.3) is 11.0 Å². The highest BCUT2D eigenvalue weighted by Crippen LogP contribution is 2.50. The highest BCUT2D eigenvalue weighted by atomic mass is 16.3. The topological polar surface area (TPSA) is 125 Å². The number of carbonyl (C=O) groups excluding carboxylic acids is 1. The van der Waals surface area contributed by atoms with Crippen LogP contribution in [0.5, 0.6) is 0 Å². The molecule has 0 spiro atoms. The Hall–Kier alpha value is -3.52. The fourth-order valence-electron chi connectivity index (χ4n) is 5.12. The van der Waals surface area contributed by atoms with E-state index in [0.29, 0.717) is 29.7 Å². The van der Waals surface area contributed by atoms with Crippen LogP contribution in [0.1, 0.15) is 48.1 Å². The zero-order chi connectivity index (χ0) is 24.0. The van der Waals surface area contributed by atoms with Gasteiger partial charge in [0, 0.05) is 25.6 Å². The Labute approximate surface area is 197 Å². The number of rotatable bonds is 6. The first-order valence-electron chi connectivity index (χ1n) is 11.7. The van der Waals surface area contributed by atoms with Gasteiger partial charge >= 0.3 is 0 Å². The van der Waals surface area contributed by atoms with Gasteiger partial charge in [-0.1, -0.05) is 30.3 Å². The average molecular weight is 460 g/mol. The summed E-state index contributed by atoms with van der Waals surface area (Å²) in [6.45, 7) is 0.693. The van der Waals surface area contributed by atoms with E-state index in [9.17, 15) is 14.7 Å². The molecule has 8 heteroatoms. The molecule has 5 rings (SSSR count). The number of fused-ring (bicyclic) bond motifs is 1. The molecule has 1 amide bonds. The summed E-state index contributed by atoms with van der Waals surface area (Å²) >= 11 is 0. The van der Waals surface area contributed by atoms with Crippen LogP contribution in [-0.2, 0) is 23.7 Å². The molecule has 2 fully saturated rings. The number of hydrogen-bond acceptors (Lipinski definition) is 5. The largest absolute Gasteiger partial charge is 0.394 e. The number of nitrogen functional groups attached to an aromatic ring is 1. The van der Waals surface area contributed by atoms with E-state index in [1.807, 2.05) is 35.2 Å². The second-order valence-corrected chi connectivity index (χ2v) is 9.47. The van der Waals surface area contributed by atoms with E-state index in [1.54, 1.807) is 23.7 Å². The molecule has 176 valence electrons. The van der Waals surface area contributed by atoms with E-state index in [-0.39, 0.29) is 30.0 Å². The molecule has 34 heavy (non-hydrogen) atoms. The van der Waals surface area contributed by atoms with E-state index in [4.69, 9.17) is 16.1 Å². The van der Waals surface area contributed by atoms with Gasteiger partial charge in [-0.2, -0.15) is 0 Å². The smallest absolute Gasteiger partial charge is 0.272 e. The van der Waals surface area contributed by atoms with E-state index in [2.05, 4.69) is 0 Å². The second-order valence-electron chi connectivity index (χ2n) is 9.47. The number of benzene rings is 2. The van der Waals surface area contributed by atoms with Gasteiger partial charge in [-0.05, 0) is 48.9 Å². The van der Waals surface area contributed by atoms with Crippen LogP contribution in [0, 0.1) is 5.41 Å². The molecule has 2 heterocycles. The Morgan fingerprint density at radius 1 is 1.24 bits per heavy atom. The number of amides is 1. The fraction of sp³-hybridized carbons (Fsp3) is 0.385. The fourth-order valence-corrected chi connectivity index (χ4v) is 5.12. The van der Waals surface area contributed by atoms with Gasteiger partial charge in [-0.25, -0.2) is 4.98 Å². The van der Waals surface area contributed by atoms with Crippen molar-refractivity contribution in [2.45, 2.75) is 43.6 Å². The van der Waals surface area contributed by atoms with Gasteiger partial charge in [0.2, 0.25) is 5.91 Å². The Morgan fingerprint density at radius 3 is 2.62 bits per heavy atom. The first kappa shape index (κ1) is 22.3. The highest BCUT2D eigenvalue weighted by Gasteiger charge is 2.54. The summed E-state index contributed by atoms with van der Waals surface area (Å²) in [5, 5.41) is 17.2. The third-order valence-corrected chi connectivity index (χ3v) is 7.34. The minimum Gasteiger partial charge on any atom is -0.394 e. The van der Waals surface area contributed by atoms with Gasteiger partial charge in [-0.3, -0.25) is 15.0 Å². The molecule has 0 bridgehead atoms. The predicted molar refractivity (Wildman–Crippen MR) is 130 cm³/mol. The Balaban J connectivity index is 1.49. The Kier molecular flexibility index (Phi) is 5.48. The van der Waals surface area contributed by atoms with Crippen LogP contribution in [0.15, 0.2) is 47.3 Å². The van der Waals surface area contributed by atoms with E-state index < -0.39 is 5.41 Å². The highest BCUT2D eigenvalue weighted by molar-refractivity contribution is 5.95. The van der Waals surface area contributed by atoms with E-state index in [0.717, 1.165) is 42.3 Å². The SMILES string of the molecule is Cn1c(=O)c(Cc2ccc(C(=N)N)cc2)nc2cc(C3(C(=O)N4CCCC4CO)CC3)ccc21. The number of aryl methyl sites for hydroxylation is 1. The van der Waals surface area contributed by atoms with Crippen molar-refractivity contribution in [3.8, 4) is 0 Å². The molecule has 0 radical (unpaired) electrons. The summed E-state index contributed by atoms with van der Waals surface area (Å²) < 4.78 is 1.61. The van der Waals surface area contributed by atoms with Gasteiger partial charge in [0.05, 0.1) is 29.1 Å². The molecular weight excluding hydrogens is 430 g/mol. The number of likely N-dealkylation sites (tertiary alicyclic amines) is 1. The van der Waals surface area contributed by atoms with Crippen molar-refractivity contribution in [1.82, 2.24) is 14.5 Å². The zero-order valence-electron chi connectivity index (χ0n) is 19.3. The van der Waals surface area contributed by atoms with Crippen molar-refractivity contribution in [2.24, 2.45) is 12.8 Å². The summed E-state index contributed by atoms with van der Waals surface area (Å²) in [5.41, 5.74) is 9.13. The third kappa shape index (κ3) is 3.68. The number of aliphatic hydroxyl groups excluding tert-OH is 1. The first-order valence-corrected chi connectivity index (χ1v) is 11.7. The number of nitrogens with one attached hydrogen (secondary N) is 1. The van der Waals surface area contributed by atoms with Crippen LogP contribution in [0.3, 0.4) is 0 Å². The Bertz CT molecular complexity index is 1340. The lowest BCUT2D eigenvalue weighted by Crippen LogP contribution is -2.43. The average Bonchev–Trinajstić information content (AvgIpc) is 3.52. The molecule has 8 nitrogen and oxygen atoms in total. The van der Waals surface area contributed by atoms with Gasteiger partial charge in [0.1, 0.15) is 11.5 Å². The molecule has 1 saturated heterocycles. The van der Waals surface area contributed by atoms with Crippen molar-refractivity contribution >= 4 is 22.8 Å². The summed E-state index contributed by atoms with van der Waals surface area (Å²) in [5.74, 6) is 0.0978. The van der Waals surface area contributed by atoms with Crippen molar-refractivity contribution in [3.05, 3.63) is 75.2 Å². The molecule has 3 aromatic rings. The predicted octanol–water partition coefficient (Wildman–Crippen LogP) is 1.82. The standard InChI is InChI=1S/C26H29N5O3/c1-30-22-9-8-18(26(10-11-26)25(34)31-12-2-3-19(31)15-32)14-20(22)29-21(24(30)33)13-16-4-6-17(7-5-16)23(27)28/h4-9,14,19,32H,2-3,10-13,15H2,1H3,(H3,27,28). The summed E-state index contributed by atoms with van der Waals surface area (Å²) in [4.78, 5) is 33.0. The lowest BCUT2D eigenvalue weighted by atomic mass is 9.93. The number of amidine groups is 1. The maximum Gasteiger partial charge on any atom is 0.272 e. The monoisotopic (exact) mass is 459 g/mol. The molecule has 1 aliphatic carbocycles. The van der Waals surface area contributed by atoms with Crippen molar-refractivity contribution in [2.75, 3.05) is 13.2 Å². The van der Waals surface area contributed by atoms with Crippen molar-refractivity contribution in [3.63, 3.8) is 0 Å². The molecule has 1 unspecified atom stereocenters.